The Morgan fingerprint density at radius 3 is 2.70 bits per heavy atom. The number of hydrogen-bond acceptors (Lipinski definition) is 6. The molecule has 2 atom stereocenters. The van der Waals surface area contributed by atoms with E-state index in [0.29, 0.717) is 24.8 Å². The van der Waals surface area contributed by atoms with Gasteiger partial charge < -0.3 is 9.47 Å². The zero-order chi connectivity index (χ0) is 19.0. The van der Waals surface area contributed by atoms with Gasteiger partial charge in [-0.15, -0.1) is 0 Å². The van der Waals surface area contributed by atoms with Crippen molar-refractivity contribution in [2.75, 3.05) is 28.5 Å². The number of rotatable bonds is 5. The van der Waals surface area contributed by atoms with E-state index in [2.05, 4.69) is 19.6 Å². The molecule has 1 fully saturated rings. The second-order valence-electron chi connectivity index (χ2n) is 7.26. The standard InChI is InChI=1S/C18H23N5O3S/c1-2-8-27(25,26)21-15-4-5-16-14-9-13(11-23(16)17(15)24)10-22(12-14)18-19-6-3-7-20-18/h3-7,13-14,21H,2,8-12H2,1H3. The Bertz CT molecular complexity index is 990. The zero-order valence-electron chi connectivity index (χ0n) is 15.2. The molecule has 0 aliphatic carbocycles. The number of pyridine rings is 1. The Morgan fingerprint density at radius 2 is 1.96 bits per heavy atom. The minimum Gasteiger partial charge on any atom is -0.340 e. The van der Waals surface area contributed by atoms with Crippen LogP contribution in [-0.4, -0.2) is 41.8 Å². The molecule has 2 aliphatic rings. The number of fused-ring (bicyclic) bond motifs is 4. The van der Waals surface area contributed by atoms with E-state index >= 15 is 0 Å². The molecule has 2 aromatic rings. The van der Waals surface area contributed by atoms with Gasteiger partial charge in [0.1, 0.15) is 5.69 Å². The van der Waals surface area contributed by atoms with Crippen LogP contribution < -0.4 is 15.2 Å². The number of aromatic nitrogens is 3. The average molecular weight is 389 g/mol. The quantitative estimate of drug-likeness (QED) is 0.831. The smallest absolute Gasteiger partial charge is 0.275 e. The fraction of sp³-hybridized carbons (Fsp3) is 0.500. The van der Waals surface area contributed by atoms with E-state index in [0.717, 1.165) is 25.2 Å². The number of nitrogens with zero attached hydrogens (tertiary/aromatic N) is 4. The number of anilines is 2. The summed E-state index contributed by atoms with van der Waals surface area (Å²) in [6.45, 7) is 3.92. The predicted octanol–water partition coefficient (Wildman–Crippen LogP) is 1.41. The lowest BCUT2D eigenvalue weighted by atomic mass is 9.83. The molecule has 0 aromatic carbocycles. The van der Waals surface area contributed by atoms with Gasteiger partial charge in [-0.3, -0.25) is 9.52 Å². The Morgan fingerprint density at radius 1 is 1.19 bits per heavy atom. The average Bonchev–Trinajstić information content (AvgIpc) is 2.65. The van der Waals surface area contributed by atoms with Crippen molar-refractivity contribution in [2.24, 2.45) is 5.92 Å². The van der Waals surface area contributed by atoms with Crippen molar-refractivity contribution in [3.8, 4) is 0 Å². The number of piperidine rings is 1. The topological polar surface area (TPSA) is 97.2 Å². The van der Waals surface area contributed by atoms with Crippen LogP contribution in [0.3, 0.4) is 0 Å². The summed E-state index contributed by atoms with van der Waals surface area (Å²) in [5, 5.41) is 0. The lowest BCUT2D eigenvalue weighted by molar-refractivity contribution is 0.280. The number of nitrogens with one attached hydrogen (secondary N) is 1. The monoisotopic (exact) mass is 389 g/mol. The van der Waals surface area contributed by atoms with Gasteiger partial charge in [-0.2, -0.15) is 0 Å². The summed E-state index contributed by atoms with van der Waals surface area (Å²) >= 11 is 0. The first-order valence-corrected chi connectivity index (χ1v) is 10.9. The molecule has 0 amide bonds. The molecule has 9 heteroatoms. The molecule has 2 unspecified atom stereocenters. The Kier molecular flexibility index (Phi) is 4.63. The summed E-state index contributed by atoms with van der Waals surface area (Å²) in [6, 6.07) is 5.27. The van der Waals surface area contributed by atoms with Crippen LogP contribution in [0.5, 0.6) is 0 Å². The van der Waals surface area contributed by atoms with Crippen LogP contribution in [-0.2, 0) is 16.6 Å². The van der Waals surface area contributed by atoms with E-state index in [-0.39, 0.29) is 22.9 Å². The first-order chi connectivity index (χ1) is 13.0. The summed E-state index contributed by atoms with van der Waals surface area (Å²) in [7, 11) is -3.49. The minimum atomic E-state index is -3.49. The third-order valence-electron chi connectivity index (χ3n) is 5.18. The Labute approximate surface area is 158 Å². The maximum absolute atomic E-state index is 12.9. The van der Waals surface area contributed by atoms with E-state index < -0.39 is 10.0 Å². The Hall–Kier alpha value is -2.42. The molecule has 0 radical (unpaired) electrons. The highest BCUT2D eigenvalue weighted by molar-refractivity contribution is 7.92. The Balaban J connectivity index is 1.63. The maximum atomic E-state index is 12.9. The first-order valence-electron chi connectivity index (χ1n) is 9.23. The summed E-state index contributed by atoms with van der Waals surface area (Å²) < 4.78 is 28.3. The summed E-state index contributed by atoms with van der Waals surface area (Å²) in [4.78, 5) is 23.7. The summed E-state index contributed by atoms with van der Waals surface area (Å²) in [5.41, 5.74) is 0.831. The van der Waals surface area contributed by atoms with Crippen molar-refractivity contribution in [1.82, 2.24) is 14.5 Å². The molecule has 2 aliphatic heterocycles. The maximum Gasteiger partial charge on any atom is 0.275 e. The minimum absolute atomic E-state index is 0.00543. The van der Waals surface area contributed by atoms with Gasteiger partial charge in [0.15, 0.2) is 0 Å². The summed E-state index contributed by atoms with van der Waals surface area (Å²) in [6.07, 6.45) is 4.99. The van der Waals surface area contributed by atoms with E-state index in [1.807, 2.05) is 6.07 Å². The molecule has 0 spiro atoms. The lowest BCUT2D eigenvalue weighted by Crippen LogP contribution is -2.48. The van der Waals surface area contributed by atoms with Crippen molar-refractivity contribution in [3.63, 3.8) is 0 Å². The van der Waals surface area contributed by atoms with Crippen LogP contribution in [0.1, 0.15) is 31.4 Å². The van der Waals surface area contributed by atoms with Crippen LogP contribution in [0.2, 0.25) is 0 Å². The van der Waals surface area contributed by atoms with Crippen molar-refractivity contribution < 1.29 is 8.42 Å². The van der Waals surface area contributed by atoms with Crippen LogP contribution in [0.15, 0.2) is 35.4 Å². The van der Waals surface area contributed by atoms with Crippen LogP contribution in [0.4, 0.5) is 11.6 Å². The highest BCUT2D eigenvalue weighted by atomic mass is 32.2. The number of hydrogen-bond donors (Lipinski definition) is 1. The normalized spacial score (nSPS) is 21.6. The molecule has 27 heavy (non-hydrogen) atoms. The van der Waals surface area contributed by atoms with Gasteiger partial charge in [-0.05, 0) is 37.0 Å². The first kappa shape index (κ1) is 18.0. The highest BCUT2D eigenvalue weighted by Gasteiger charge is 2.36. The number of sulfonamides is 1. The molecule has 1 N–H and O–H groups in total. The van der Waals surface area contributed by atoms with Crippen molar-refractivity contribution >= 4 is 21.7 Å². The van der Waals surface area contributed by atoms with Crippen molar-refractivity contribution in [2.45, 2.75) is 32.2 Å². The second kappa shape index (κ2) is 6.95. The lowest BCUT2D eigenvalue weighted by Gasteiger charge is -2.42. The SMILES string of the molecule is CCCS(=O)(=O)Nc1ccc2n(c1=O)CC1CC2CN(c2ncccn2)C1. The molecule has 0 saturated carbocycles. The van der Waals surface area contributed by atoms with Gasteiger partial charge in [0.05, 0.1) is 5.75 Å². The molecule has 1 saturated heterocycles. The highest BCUT2D eigenvalue weighted by Crippen LogP contribution is 2.36. The predicted molar refractivity (Wildman–Crippen MR) is 103 cm³/mol. The van der Waals surface area contributed by atoms with Crippen LogP contribution >= 0.6 is 0 Å². The third kappa shape index (κ3) is 3.55. The van der Waals surface area contributed by atoms with Gasteiger partial charge in [0.25, 0.3) is 5.56 Å². The van der Waals surface area contributed by atoms with Crippen molar-refractivity contribution in [3.05, 3.63) is 46.6 Å². The molecular formula is C18H23N5O3S. The molecule has 144 valence electrons. The largest absolute Gasteiger partial charge is 0.340 e. The summed E-state index contributed by atoms with van der Waals surface area (Å²) in [5.74, 6) is 1.23. The van der Waals surface area contributed by atoms with Gasteiger partial charge in [-0.1, -0.05) is 6.92 Å². The van der Waals surface area contributed by atoms with Gasteiger partial charge in [-0.25, -0.2) is 18.4 Å². The molecular weight excluding hydrogens is 366 g/mol. The second-order valence-corrected chi connectivity index (χ2v) is 9.10. The van der Waals surface area contributed by atoms with Gasteiger partial charge in [0, 0.05) is 43.6 Å². The zero-order valence-corrected chi connectivity index (χ0v) is 16.0. The van der Waals surface area contributed by atoms with Crippen LogP contribution in [0, 0.1) is 5.92 Å². The molecule has 2 bridgehead atoms. The van der Waals surface area contributed by atoms with Gasteiger partial charge in [0.2, 0.25) is 16.0 Å². The van der Waals surface area contributed by atoms with Crippen LogP contribution in [0.25, 0.3) is 0 Å². The van der Waals surface area contributed by atoms with E-state index in [1.54, 1.807) is 36.0 Å². The molecule has 4 rings (SSSR count). The molecule has 4 heterocycles. The van der Waals surface area contributed by atoms with E-state index in [4.69, 9.17) is 0 Å². The van der Waals surface area contributed by atoms with E-state index in [1.165, 1.54) is 0 Å². The molecule has 2 aromatic heterocycles. The molecule has 8 nitrogen and oxygen atoms in total. The van der Waals surface area contributed by atoms with Gasteiger partial charge >= 0.3 is 0 Å². The van der Waals surface area contributed by atoms with E-state index in [9.17, 15) is 13.2 Å². The third-order valence-corrected chi connectivity index (χ3v) is 6.65. The fourth-order valence-electron chi connectivity index (χ4n) is 4.13. The fourth-order valence-corrected chi connectivity index (χ4v) is 5.26. The van der Waals surface area contributed by atoms with Crippen molar-refractivity contribution in [1.29, 1.82) is 0 Å².